The average molecular weight is 512 g/mol. The standard InChI is InChI=1S/C27H21Cl2F2N3O/c28-23-13-12-21(15-24(23)29)32-27(35)34-26(17-6-10-20(31)11-7-17)22-3-1-2-18(25(22)33-34)14-16-4-8-19(30)9-5-16/h4-15,22,26H,1-3H2,(H,32,35)/b18-14-/t22-,26-/m1/s1. The number of amides is 2. The maximum Gasteiger partial charge on any atom is 0.342 e. The molecule has 178 valence electrons. The molecule has 2 amide bonds. The topological polar surface area (TPSA) is 44.7 Å². The minimum absolute atomic E-state index is 0.0551. The lowest BCUT2D eigenvalue weighted by Crippen LogP contribution is -2.34. The fourth-order valence-electron chi connectivity index (χ4n) is 4.68. The summed E-state index contributed by atoms with van der Waals surface area (Å²) < 4.78 is 27.0. The van der Waals surface area contributed by atoms with Crippen LogP contribution in [-0.2, 0) is 0 Å². The smallest absolute Gasteiger partial charge is 0.306 e. The van der Waals surface area contributed by atoms with E-state index >= 15 is 0 Å². The number of rotatable bonds is 3. The summed E-state index contributed by atoms with van der Waals surface area (Å²) in [6.45, 7) is 0. The van der Waals surface area contributed by atoms with Crippen molar-refractivity contribution in [1.82, 2.24) is 5.01 Å². The third-order valence-corrected chi connectivity index (χ3v) is 7.04. The Morgan fingerprint density at radius 2 is 1.66 bits per heavy atom. The van der Waals surface area contributed by atoms with Gasteiger partial charge in [-0.2, -0.15) is 5.10 Å². The molecule has 1 saturated carbocycles. The number of urea groups is 1. The van der Waals surface area contributed by atoms with Crippen LogP contribution >= 0.6 is 23.2 Å². The van der Waals surface area contributed by atoms with Crippen molar-refractivity contribution >= 4 is 46.7 Å². The summed E-state index contributed by atoms with van der Waals surface area (Å²) in [5.74, 6) is -0.700. The van der Waals surface area contributed by atoms with Gasteiger partial charge in [0.15, 0.2) is 0 Å². The lowest BCUT2D eigenvalue weighted by atomic mass is 9.77. The van der Waals surface area contributed by atoms with Crippen LogP contribution in [0.5, 0.6) is 0 Å². The molecule has 2 atom stereocenters. The van der Waals surface area contributed by atoms with Gasteiger partial charge in [0.2, 0.25) is 0 Å². The number of halogens is 4. The molecule has 0 saturated heterocycles. The SMILES string of the molecule is O=C(Nc1ccc(Cl)c(Cl)c1)N1N=C2/C(=C\c3ccc(F)cc3)CCC[C@H]2[C@H]1c1ccc(F)cc1. The molecule has 0 spiro atoms. The van der Waals surface area contributed by atoms with Gasteiger partial charge in [-0.15, -0.1) is 0 Å². The normalized spacial score (nSPS) is 20.5. The maximum atomic E-state index is 13.7. The highest BCUT2D eigenvalue weighted by Crippen LogP contribution is 2.44. The predicted octanol–water partition coefficient (Wildman–Crippen LogP) is 8.10. The van der Waals surface area contributed by atoms with E-state index in [1.807, 2.05) is 6.08 Å². The summed E-state index contributed by atoms with van der Waals surface area (Å²) >= 11 is 12.1. The number of nitrogens with one attached hydrogen (secondary N) is 1. The van der Waals surface area contributed by atoms with Gasteiger partial charge >= 0.3 is 6.03 Å². The molecule has 1 aliphatic heterocycles. The van der Waals surface area contributed by atoms with Gasteiger partial charge in [-0.1, -0.05) is 47.5 Å². The summed E-state index contributed by atoms with van der Waals surface area (Å²) in [7, 11) is 0. The van der Waals surface area contributed by atoms with Gasteiger partial charge in [0, 0.05) is 11.6 Å². The number of allylic oxidation sites excluding steroid dienone is 1. The van der Waals surface area contributed by atoms with E-state index in [1.165, 1.54) is 29.3 Å². The van der Waals surface area contributed by atoms with Crippen LogP contribution in [0.25, 0.3) is 6.08 Å². The zero-order chi connectivity index (χ0) is 24.5. The van der Waals surface area contributed by atoms with Crippen LogP contribution in [0, 0.1) is 17.6 Å². The van der Waals surface area contributed by atoms with E-state index in [0.29, 0.717) is 15.7 Å². The number of carbonyl (C=O) groups excluding carboxylic acids is 1. The highest BCUT2D eigenvalue weighted by Gasteiger charge is 2.43. The predicted molar refractivity (Wildman–Crippen MR) is 136 cm³/mol. The summed E-state index contributed by atoms with van der Waals surface area (Å²) in [6.07, 6.45) is 4.53. The van der Waals surface area contributed by atoms with Gasteiger partial charge in [-0.25, -0.2) is 18.6 Å². The number of anilines is 1. The van der Waals surface area contributed by atoms with Crippen LogP contribution in [0.3, 0.4) is 0 Å². The van der Waals surface area contributed by atoms with Gasteiger partial charge in [0.1, 0.15) is 11.6 Å². The number of hydrazone groups is 1. The molecular weight excluding hydrogens is 491 g/mol. The van der Waals surface area contributed by atoms with Crippen molar-refractivity contribution in [1.29, 1.82) is 0 Å². The minimum Gasteiger partial charge on any atom is -0.306 e. The van der Waals surface area contributed by atoms with Gasteiger partial charge < -0.3 is 5.32 Å². The fraction of sp³-hybridized carbons (Fsp3) is 0.185. The second-order valence-electron chi connectivity index (χ2n) is 8.61. The average Bonchev–Trinajstić information content (AvgIpc) is 3.24. The highest BCUT2D eigenvalue weighted by atomic mass is 35.5. The number of hydrogen-bond donors (Lipinski definition) is 1. The molecule has 35 heavy (non-hydrogen) atoms. The molecular formula is C27H21Cl2F2N3O. The molecule has 0 unspecified atom stereocenters. The van der Waals surface area contributed by atoms with E-state index in [9.17, 15) is 13.6 Å². The summed E-state index contributed by atoms with van der Waals surface area (Å²) in [5, 5.41) is 9.75. The molecule has 1 N–H and O–H groups in total. The van der Waals surface area contributed by atoms with E-state index in [-0.39, 0.29) is 17.6 Å². The van der Waals surface area contributed by atoms with Crippen molar-refractivity contribution in [2.45, 2.75) is 25.3 Å². The van der Waals surface area contributed by atoms with Crippen molar-refractivity contribution in [3.8, 4) is 0 Å². The van der Waals surface area contributed by atoms with Gasteiger partial charge in [0.05, 0.1) is 21.8 Å². The molecule has 1 aliphatic carbocycles. The number of benzene rings is 3. The number of carbonyl (C=O) groups is 1. The van der Waals surface area contributed by atoms with Gasteiger partial charge in [0.25, 0.3) is 0 Å². The first-order chi connectivity index (χ1) is 16.9. The number of nitrogens with zero attached hydrogens (tertiary/aromatic N) is 2. The van der Waals surface area contributed by atoms with Gasteiger partial charge in [-0.3, -0.25) is 0 Å². The Balaban J connectivity index is 1.51. The van der Waals surface area contributed by atoms with E-state index < -0.39 is 12.1 Å². The highest BCUT2D eigenvalue weighted by molar-refractivity contribution is 6.42. The molecule has 0 aromatic heterocycles. The lowest BCUT2D eigenvalue weighted by Gasteiger charge is -2.29. The lowest BCUT2D eigenvalue weighted by molar-refractivity contribution is 0.188. The molecule has 4 nitrogen and oxygen atoms in total. The quantitative estimate of drug-likeness (QED) is 0.379. The summed E-state index contributed by atoms with van der Waals surface area (Å²) in [4.78, 5) is 13.4. The van der Waals surface area contributed by atoms with E-state index in [2.05, 4.69) is 5.32 Å². The fourth-order valence-corrected chi connectivity index (χ4v) is 4.97. The van der Waals surface area contributed by atoms with E-state index in [1.54, 1.807) is 42.5 Å². The van der Waals surface area contributed by atoms with E-state index in [4.69, 9.17) is 28.3 Å². The third-order valence-electron chi connectivity index (χ3n) is 6.30. The summed E-state index contributed by atoms with van der Waals surface area (Å²) in [6, 6.07) is 16.4. The molecule has 3 aromatic carbocycles. The monoisotopic (exact) mass is 511 g/mol. The molecule has 5 rings (SSSR count). The van der Waals surface area contributed by atoms with Crippen molar-refractivity contribution in [3.05, 3.63) is 105 Å². The zero-order valence-corrected chi connectivity index (χ0v) is 20.0. The zero-order valence-electron chi connectivity index (χ0n) is 18.5. The van der Waals surface area contributed by atoms with Gasteiger partial charge in [-0.05, 0) is 84.5 Å². The van der Waals surface area contributed by atoms with Crippen LogP contribution in [0.2, 0.25) is 10.0 Å². The van der Waals surface area contributed by atoms with Crippen LogP contribution in [0.4, 0.5) is 19.3 Å². The summed E-state index contributed by atoms with van der Waals surface area (Å²) in [5.41, 5.74) is 3.97. The van der Waals surface area contributed by atoms with Crippen LogP contribution < -0.4 is 5.32 Å². The number of hydrogen-bond acceptors (Lipinski definition) is 2. The van der Waals surface area contributed by atoms with Crippen molar-refractivity contribution < 1.29 is 13.6 Å². The Morgan fingerprint density at radius 3 is 2.34 bits per heavy atom. The number of fused-ring (bicyclic) bond motifs is 1. The van der Waals surface area contributed by atoms with Crippen LogP contribution in [-0.4, -0.2) is 16.8 Å². The maximum absolute atomic E-state index is 13.7. The second-order valence-corrected chi connectivity index (χ2v) is 9.42. The van der Waals surface area contributed by atoms with Crippen molar-refractivity contribution in [2.75, 3.05) is 5.32 Å². The molecule has 8 heteroatoms. The Hall–Kier alpha value is -3.22. The van der Waals surface area contributed by atoms with E-state index in [0.717, 1.165) is 41.7 Å². The molecule has 0 radical (unpaired) electrons. The Labute approximate surface area is 211 Å². The Morgan fingerprint density at radius 1 is 0.971 bits per heavy atom. The minimum atomic E-state index is -0.430. The largest absolute Gasteiger partial charge is 0.342 e. The second kappa shape index (κ2) is 9.80. The molecule has 0 bridgehead atoms. The van der Waals surface area contributed by atoms with Crippen molar-refractivity contribution in [3.63, 3.8) is 0 Å². The molecule has 1 heterocycles. The van der Waals surface area contributed by atoms with Crippen LogP contribution in [0.15, 0.2) is 77.4 Å². The molecule has 1 fully saturated rings. The first-order valence-electron chi connectivity index (χ1n) is 11.2. The van der Waals surface area contributed by atoms with Crippen LogP contribution in [0.1, 0.15) is 36.4 Å². The third kappa shape index (κ3) is 4.95. The first-order valence-corrected chi connectivity index (χ1v) is 12.0. The first kappa shape index (κ1) is 23.5. The molecule has 2 aliphatic rings. The molecule has 3 aromatic rings. The Bertz CT molecular complexity index is 1320. The Kier molecular flexibility index (Phi) is 6.58. The van der Waals surface area contributed by atoms with Crippen molar-refractivity contribution in [2.24, 2.45) is 11.0 Å².